The van der Waals surface area contributed by atoms with Crippen molar-refractivity contribution >= 4 is 12.0 Å². The molecule has 0 bridgehead atoms. The Kier molecular flexibility index (Phi) is 5.05. The molecule has 0 aliphatic carbocycles. The Morgan fingerprint density at radius 1 is 1.38 bits per heavy atom. The summed E-state index contributed by atoms with van der Waals surface area (Å²) in [6.45, 7) is 2.54. The Morgan fingerprint density at radius 2 is 2.06 bits per heavy atom. The number of hydrogen-bond donors (Lipinski definition) is 0. The van der Waals surface area contributed by atoms with E-state index < -0.39 is 0 Å². The molecule has 86 valence electrons. The van der Waals surface area contributed by atoms with Crippen molar-refractivity contribution in [3.63, 3.8) is 0 Å². The summed E-state index contributed by atoms with van der Waals surface area (Å²) in [6, 6.07) is 7.05. The van der Waals surface area contributed by atoms with E-state index in [1.165, 1.54) is 13.3 Å². The van der Waals surface area contributed by atoms with E-state index in [0.717, 1.165) is 5.75 Å². The van der Waals surface area contributed by atoms with Crippen molar-refractivity contribution < 1.29 is 14.4 Å². The standard InChI is InChI=1S/C12H15NO3/c1-3-16-11-6-4-10(5-7-11)12(14)8-9-13-15-2/h4-7,9H,3,8H2,1-2H3/b13-9-. The summed E-state index contributed by atoms with van der Waals surface area (Å²) >= 11 is 0. The maximum Gasteiger partial charge on any atom is 0.168 e. The summed E-state index contributed by atoms with van der Waals surface area (Å²) in [4.78, 5) is 16.1. The van der Waals surface area contributed by atoms with Crippen molar-refractivity contribution in [2.24, 2.45) is 5.16 Å². The van der Waals surface area contributed by atoms with Gasteiger partial charge in [0.25, 0.3) is 0 Å². The van der Waals surface area contributed by atoms with Crippen LogP contribution in [-0.2, 0) is 4.84 Å². The van der Waals surface area contributed by atoms with Gasteiger partial charge < -0.3 is 9.57 Å². The average Bonchev–Trinajstić information content (AvgIpc) is 2.30. The number of nitrogens with zero attached hydrogens (tertiary/aromatic N) is 1. The maximum atomic E-state index is 11.6. The molecule has 16 heavy (non-hydrogen) atoms. The quantitative estimate of drug-likeness (QED) is 0.420. The van der Waals surface area contributed by atoms with Crippen LogP contribution >= 0.6 is 0 Å². The van der Waals surface area contributed by atoms with E-state index in [-0.39, 0.29) is 12.2 Å². The van der Waals surface area contributed by atoms with Gasteiger partial charge in [0, 0.05) is 12.0 Å². The first kappa shape index (κ1) is 12.2. The summed E-state index contributed by atoms with van der Waals surface area (Å²) in [5, 5.41) is 3.51. The molecule has 0 aliphatic heterocycles. The highest BCUT2D eigenvalue weighted by Crippen LogP contribution is 2.13. The van der Waals surface area contributed by atoms with Gasteiger partial charge in [0.05, 0.1) is 12.8 Å². The zero-order valence-electron chi connectivity index (χ0n) is 9.47. The third-order valence-electron chi connectivity index (χ3n) is 1.94. The second kappa shape index (κ2) is 6.61. The zero-order valence-corrected chi connectivity index (χ0v) is 9.47. The van der Waals surface area contributed by atoms with Gasteiger partial charge >= 0.3 is 0 Å². The Bertz CT molecular complexity index is 357. The number of oxime groups is 1. The normalized spacial score (nSPS) is 10.4. The first-order chi connectivity index (χ1) is 7.77. The lowest BCUT2D eigenvalue weighted by molar-refractivity contribution is 0.1000. The third-order valence-corrected chi connectivity index (χ3v) is 1.94. The molecule has 0 amide bonds. The number of carbonyl (C=O) groups is 1. The van der Waals surface area contributed by atoms with E-state index in [0.29, 0.717) is 12.2 Å². The molecule has 4 nitrogen and oxygen atoms in total. The molecule has 0 spiro atoms. The van der Waals surface area contributed by atoms with Crippen LogP contribution in [0.3, 0.4) is 0 Å². The molecule has 1 aromatic carbocycles. The molecule has 1 aromatic rings. The first-order valence-electron chi connectivity index (χ1n) is 5.09. The van der Waals surface area contributed by atoms with Crippen molar-refractivity contribution in [3.05, 3.63) is 29.8 Å². The molecule has 0 heterocycles. The minimum absolute atomic E-state index is 0.00356. The second-order valence-electron chi connectivity index (χ2n) is 3.06. The zero-order chi connectivity index (χ0) is 11.8. The molecule has 0 N–H and O–H groups in total. The van der Waals surface area contributed by atoms with Gasteiger partial charge in [-0.15, -0.1) is 0 Å². The van der Waals surface area contributed by atoms with Crippen LogP contribution < -0.4 is 4.74 Å². The summed E-state index contributed by atoms with van der Waals surface area (Å²) in [7, 11) is 1.44. The fourth-order valence-electron chi connectivity index (χ4n) is 1.22. The minimum Gasteiger partial charge on any atom is -0.494 e. The van der Waals surface area contributed by atoms with Crippen molar-refractivity contribution in [3.8, 4) is 5.75 Å². The molecule has 4 heteroatoms. The van der Waals surface area contributed by atoms with E-state index in [2.05, 4.69) is 9.99 Å². The molecule has 0 aliphatic rings. The number of benzene rings is 1. The Hall–Kier alpha value is -1.84. The highest BCUT2D eigenvalue weighted by molar-refractivity contribution is 6.03. The van der Waals surface area contributed by atoms with Gasteiger partial charge in [-0.05, 0) is 31.2 Å². The average molecular weight is 221 g/mol. The predicted octanol–water partition coefficient (Wildman–Crippen LogP) is 2.29. The van der Waals surface area contributed by atoms with Crippen molar-refractivity contribution in [1.29, 1.82) is 0 Å². The Balaban J connectivity index is 2.59. The van der Waals surface area contributed by atoms with Crippen LogP contribution in [0, 0.1) is 0 Å². The SMILES string of the molecule is CCOc1ccc(C(=O)C/C=N\OC)cc1. The molecular weight excluding hydrogens is 206 g/mol. The second-order valence-corrected chi connectivity index (χ2v) is 3.06. The van der Waals surface area contributed by atoms with E-state index in [9.17, 15) is 4.79 Å². The fraction of sp³-hybridized carbons (Fsp3) is 0.333. The summed E-state index contributed by atoms with van der Waals surface area (Å²) in [6.07, 6.45) is 1.68. The molecule has 0 fully saturated rings. The number of ether oxygens (including phenoxy) is 1. The molecule has 0 atom stereocenters. The molecule has 0 aromatic heterocycles. The number of carbonyl (C=O) groups excluding carboxylic acids is 1. The maximum absolute atomic E-state index is 11.6. The highest BCUT2D eigenvalue weighted by atomic mass is 16.6. The van der Waals surface area contributed by atoms with Crippen LogP contribution in [0.1, 0.15) is 23.7 Å². The molecule has 0 saturated carbocycles. The van der Waals surface area contributed by atoms with E-state index in [1.54, 1.807) is 24.3 Å². The van der Waals surface area contributed by atoms with Crippen LogP contribution in [0.4, 0.5) is 0 Å². The van der Waals surface area contributed by atoms with Gasteiger partial charge in [-0.2, -0.15) is 0 Å². The topological polar surface area (TPSA) is 47.9 Å². The van der Waals surface area contributed by atoms with Crippen LogP contribution in [0.2, 0.25) is 0 Å². The summed E-state index contributed by atoms with van der Waals surface area (Å²) in [5.41, 5.74) is 0.644. The van der Waals surface area contributed by atoms with Gasteiger partial charge in [0.1, 0.15) is 12.9 Å². The Morgan fingerprint density at radius 3 is 2.62 bits per heavy atom. The number of hydrogen-bond acceptors (Lipinski definition) is 4. The van der Waals surface area contributed by atoms with Crippen LogP contribution in [-0.4, -0.2) is 25.7 Å². The van der Waals surface area contributed by atoms with Crippen LogP contribution in [0.15, 0.2) is 29.4 Å². The Labute approximate surface area is 94.9 Å². The van der Waals surface area contributed by atoms with Crippen LogP contribution in [0.25, 0.3) is 0 Å². The summed E-state index contributed by atoms with van der Waals surface area (Å²) < 4.78 is 5.28. The number of Topliss-reactive ketones (excluding diaryl/α,β-unsaturated/α-hetero) is 1. The lowest BCUT2D eigenvalue weighted by Crippen LogP contribution is -2.00. The largest absolute Gasteiger partial charge is 0.494 e. The van der Waals surface area contributed by atoms with Gasteiger partial charge in [0.2, 0.25) is 0 Å². The number of ketones is 1. The molecular formula is C12H15NO3. The lowest BCUT2D eigenvalue weighted by atomic mass is 10.1. The number of rotatable bonds is 6. The molecule has 0 unspecified atom stereocenters. The lowest BCUT2D eigenvalue weighted by Gasteiger charge is -2.03. The van der Waals surface area contributed by atoms with E-state index in [4.69, 9.17) is 4.74 Å². The monoisotopic (exact) mass is 221 g/mol. The van der Waals surface area contributed by atoms with E-state index in [1.807, 2.05) is 6.92 Å². The highest BCUT2D eigenvalue weighted by Gasteiger charge is 2.04. The van der Waals surface area contributed by atoms with Gasteiger partial charge in [-0.25, -0.2) is 0 Å². The minimum atomic E-state index is 0.00356. The van der Waals surface area contributed by atoms with Gasteiger partial charge in [-0.3, -0.25) is 4.79 Å². The fourth-order valence-corrected chi connectivity index (χ4v) is 1.22. The molecule has 0 radical (unpaired) electrons. The van der Waals surface area contributed by atoms with Gasteiger partial charge in [0.15, 0.2) is 5.78 Å². The summed E-state index contributed by atoms with van der Waals surface area (Å²) in [5.74, 6) is 0.772. The third kappa shape index (κ3) is 3.73. The van der Waals surface area contributed by atoms with E-state index >= 15 is 0 Å². The smallest absolute Gasteiger partial charge is 0.168 e. The predicted molar refractivity (Wildman–Crippen MR) is 62.1 cm³/mol. The van der Waals surface area contributed by atoms with Crippen molar-refractivity contribution in [2.75, 3.05) is 13.7 Å². The molecule has 0 saturated heterocycles. The van der Waals surface area contributed by atoms with Crippen molar-refractivity contribution in [1.82, 2.24) is 0 Å². The molecule has 1 rings (SSSR count). The van der Waals surface area contributed by atoms with Crippen LogP contribution in [0.5, 0.6) is 5.75 Å². The van der Waals surface area contributed by atoms with Crippen molar-refractivity contribution in [2.45, 2.75) is 13.3 Å². The van der Waals surface area contributed by atoms with Gasteiger partial charge in [-0.1, -0.05) is 5.16 Å². The first-order valence-corrected chi connectivity index (χ1v) is 5.09.